The molecule has 1 atom stereocenters. The van der Waals surface area contributed by atoms with Crippen LogP contribution in [0.3, 0.4) is 0 Å². The summed E-state index contributed by atoms with van der Waals surface area (Å²) in [6.45, 7) is 6.78. The molecule has 2 aromatic rings. The third-order valence-corrected chi connectivity index (χ3v) is 4.00. The zero-order chi connectivity index (χ0) is 14.7. The van der Waals surface area contributed by atoms with Crippen molar-refractivity contribution < 1.29 is 4.39 Å². The number of halogens is 2. The Morgan fingerprint density at radius 3 is 2.50 bits per heavy atom. The first-order valence-corrected chi connectivity index (χ1v) is 7.16. The highest BCUT2D eigenvalue weighted by Gasteiger charge is 2.18. The quantitative estimate of drug-likeness (QED) is 0.853. The van der Waals surface area contributed by atoms with Gasteiger partial charge in [0.1, 0.15) is 5.82 Å². The van der Waals surface area contributed by atoms with E-state index in [9.17, 15) is 4.39 Å². The molecule has 0 fully saturated rings. The van der Waals surface area contributed by atoms with Gasteiger partial charge in [0, 0.05) is 5.02 Å². The van der Waals surface area contributed by atoms with Gasteiger partial charge in [-0.1, -0.05) is 42.8 Å². The molecule has 1 N–H and O–H groups in total. The van der Waals surface area contributed by atoms with E-state index in [1.54, 1.807) is 6.07 Å². The summed E-state index contributed by atoms with van der Waals surface area (Å²) >= 11 is 6.44. The van der Waals surface area contributed by atoms with E-state index in [0.29, 0.717) is 0 Å². The Morgan fingerprint density at radius 2 is 1.85 bits per heavy atom. The van der Waals surface area contributed by atoms with E-state index >= 15 is 0 Å². The number of hydrogen-bond acceptors (Lipinski definition) is 1. The van der Waals surface area contributed by atoms with E-state index < -0.39 is 0 Å². The molecule has 0 heterocycles. The SMILES string of the molecule is CCNC(c1ccc(F)cc1C)c1cccc(C)c1Cl. The van der Waals surface area contributed by atoms with Crippen molar-refractivity contribution in [1.82, 2.24) is 5.32 Å². The molecule has 0 saturated carbocycles. The Bertz CT molecular complexity index is 610. The summed E-state index contributed by atoms with van der Waals surface area (Å²) in [6, 6.07) is 10.9. The molecule has 0 aromatic heterocycles. The van der Waals surface area contributed by atoms with Crippen molar-refractivity contribution in [2.45, 2.75) is 26.8 Å². The second kappa shape index (κ2) is 6.38. The molecule has 0 radical (unpaired) electrons. The lowest BCUT2D eigenvalue weighted by atomic mass is 9.94. The minimum atomic E-state index is -0.211. The van der Waals surface area contributed by atoms with Crippen LogP contribution in [0.5, 0.6) is 0 Å². The fourth-order valence-electron chi connectivity index (χ4n) is 2.45. The Morgan fingerprint density at radius 1 is 1.10 bits per heavy atom. The average Bonchev–Trinajstić information content (AvgIpc) is 2.40. The standard InChI is InChI=1S/C17H19ClFN/c1-4-20-17(14-9-8-13(19)10-12(14)3)15-7-5-6-11(2)16(15)18/h5-10,17,20H,4H2,1-3H3. The minimum Gasteiger partial charge on any atom is -0.306 e. The van der Waals surface area contributed by atoms with Crippen molar-refractivity contribution in [1.29, 1.82) is 0 Å². The summed E-state index contributed by atoms with van der Waals surface area (Å²) in [5, 5.41) is 4.20. The molecule has 1 nitrogen and oxygen atoms in total. The molecular weight excluding hydrogens is 273 g/mol. The van der Waals surface area contributed by atoms with Gasteiger partial charge in [-0.25, -0.2) is 4.39 Å². The van der Waals surface area contributed by atoms with Crippen molar-refractivity contribution in [3.05, 3.63) is 69.5 Å². The van der Waals surface area contributed by atoms with Crippen LogP contribution in [0.15, 0.2) is 36.4 Å². The molecule has 1 unspecified atom stereocenters. The first-order valence-electron chi connectivity index (χ1n) is 6.79. The predicted octanol–water partition coefficient (Wildman–Crippen LogP) is 4.79. The summed E-state index contributed by atoms with van der Waals surface area (Å²) in [7, 11) is 0. The molecule has 0 amide bonds. The molecule has 2 aromatic carbocycles. The maximum Gasteiger partial charge on any atom is 0.123 e. The maximum absolute atomic E-state index is 13.3. The second-order valence-corrected chi connectivity index (χ2v) is 5.35. The molecule has 0 aliphatic carbocycles. The Balaban J connectivity index is 2.53. The first kappa shape index (κ1) is 15.0. The molecule has 0 spiro atoms. The van der Waals surface area contributed by atoms with Gasteiger partial charge in [0.05, 0.1) is 6.04 Å². The molecule has 3 heteroatoms. The number of hydrogen-bond donors (Lipinski definition) is 1. The molecule has 0 saturated heterocycles. The Kier molecular flexibility index (Phi) is 4.79. The van der Waals surface area contributed by atoms with Gasteiger partial charge in [0.2, 0.25) is 0 Å². The smallest absolute Gasteiger partial charge is 0.123 e. The fraction of sp³-hybridized carbons (Fsp3) is 0.294. The molecule has 20 heavy (non-hydrogen) atoms. The third-order valence-electron chi connectivity index (χ3n) is 3.48. The van der Waals surface area contributed by atoms with Crippen LogP contribution in [0, 0.1) is 19.7 Å². The van der Waals surface area contributed by atoms with Crippen molar-refractivity contribution in [3.8, 4) is 0 Å². The zero-order valence-corrected chi connectivity index (χ0v) is 12.8. The summed E-state index contributed by atoms with van der Waals surface area (Å²) in [5.74, 6) is -0.211. The highest BCUT2D eigenvalue weighted by molar-refractivity contribution is 6.32. The van der Waals surface area contributed by atoms with E-state index in [1.165, 1.54) is 6.07 Å². The summed E-state index contributed by atoms with van der Waals surface area (Å²) in [4.78, 5) is 0. The molecule has 0 aliphatic heterocycles. The monoisotopic (exact) mass is 291 g/mol. The Hall–Kier alpha value is -1.38. The lowest BCUT2D eigenvalue weighted by molar-refractivity contribution is 0.610. The normalized spacial score (nSPS) is 12.4. The highest BCUT2D eigenvalue weighted by Crippen LogP contribution is 2.32. The minimum absolute atomic E-state index is 0.0204. The van der Waals surface area contributed by atoms with Crippen LogP contribution >= 0.6 is 11.6 Å². The van der Waals surface area contributed by atoms with Crippen LogP contribution in [0.2, 0.25) is 5.02 Å². The number of aryl methyl sites for hydroxylation is 2. The fourth-order valence-corrected chi connectivity index (χ4v) is 2.68. The Labute approximate surface area is 124 Å². The maximum atomic E-state index is 13.3. The van der Waals surface area contributed by atoms with Gasteiger partial charge in [0.15, 0.2) is 0 Å². The van der Waals surface area contributed by atoms with Gasteiger partial charge in [-0.15, -0.1) is 0 Å². The van der Waals surface area contributed by atoms with Gasteiger partial charge >= 0.3 is 0 Å². The molecule has 2 rings (SSSR count). The molecule has 0 aliphatic rings. The number of benzene rings is 2. The topological polar surface area (TPSA) is 12.0 Å². The van der Waals surface area contributed by atoms with E-state index in [0.717, 1.165) is 33.8 Å². The summed E-state index contributed by atoms with van der Waals surface area (Å²) < 4.78 is 13.3. The summed E-state index contributed by atoms with van der Waals surface area (Å²) in [5.41, 5.74) is 4.06. The van der Waals surface area contributed by atoms with Gasteiger partial charge in [-0.3, -0.25) is 0 Å². The van der Waals surface area contributed by atoms with Gasteiger partial charge in [-0.2, -0.15) is 0 Å². The molecule has 0 bridgehead atoms. The van der Waals surface area contributed by atoms with Crippen LogP contribution in [0.1, 0.15) is 35.2 Å². The van der Waals surface area contributed by atoms with Crippen molar-refractivity contribution in [2.75, 3.05) is 6.54 Å². The van der Waals surface area contributed by atoms with Crippen LogP contribution in [-0.2, 0) is 0 Å². The van der Waals surface area contributed by atoms with Crippen LogP contribution < -0.4 is 5.32 Å². The summed E-state index contributed by atoms with van der Waals surface area (Å²) in [6.07, 6.45) is 0. The number of nitrogens with one attached hydrogen (secondary N) is 1. The second-order valence-electron chi connectivity index (χ2n) is 4.97. The van der Waals surface area contributed by atoms with Crippen molar-refractivity contribution >= 4 is 11.6 Å². The molecular formula is C17H19ClFN. The largest absolute Gasteiger partial charge is 0.306 e. The molecule has 106 valence electrons. The predicted molar refractivity (Wildman–Crippen MR) is 82.8 cm³/mol. The van der Waals surface area contributed by atoms with E-state index in [2.05, 4.69) is 12.2 Å². The first-order chi connectivity index (χ1) is 9.54. The van der Waals surface area contributed by atoms with Crippen molar-refractivity contribution in [2.24, 2.45) is 0 Å². The third kappa shape index (κ3) is 3.02. The van der Waals surface area contributed by atoms with Crippen LogP contribution in [0.25, 0.3) is 0 Å². The highest BCUT2D eigenvalue weighted by atomic mass is 35.5. The van der Waals surface area contributed by atoms with Crippen LogP contribution in [-0.4, -0.2) is 6.54 Å². The lowest BCUT2D eigenvalue weighted by Gasteiger charge is -2.22. The van der Waals surface area contributed by atoms with Crippen molar-refractivity contribution in [3.63, 3.8) is 0 Å². The van der Waals surface area contributed by atoms with Gasteiger partial charge in [0.25, 0.3) is 0 Å². The van der Waals surface area contributed by atoms with Gasteiger partial charge in [-0.05, 0) is 54.8 Å². The van der Waals surface area contributed by atoms with E-state index in [1.807, 2.05) is 38.1 Å². The van der Waals surface area contributed by atoms with E-state index in [4.69, 9.17) is 11.6 Å². The average molecular weight is 292 g/mol. The lowest BCUT2D eigenvalue weighted by Crippen LogP contribution is -2.23. The van der Waals surface area contributed by atoms with Gasteiger partial charge < -0.3 is 5.32 Å². The zero-order valence-electron chi connectivity index (χ0n) is 12.0. The number of rotatable bonds is 4. The van der Waals surface area contributed by atoms with Crippen LogP contribution in [0.4, 0.5) is 4.39 Å². The van der Waals surface area contributed by atoms with E-state index in [-0.39, 0.29) is 11.9 Å².